The second-order valence-corrected chi connectivity index (χ2v) is 6.63. The number of benzene rings is 1. The Bertz CT molecular complexity index is 723. The van der Waals surface area contributed by atoms with Crippen LogP contribution in [0.2, 0.25) is 0 Å². The first-order chi connectivity index (χ1) is 12.0. The fourth-order valence-corrected chi connectivity index (χ4v) is 1.93. The van der Waals surface area contributed by atoms with Crippen molar-refractivity contribution in [1.29, 1.82) is 0 Å². The lowest BCUT2D eigenvalue weighted by atomic mass is 10.2. The van der Waals surface area contributed by atoms with Gasteiger partial charge in [0.25, 0.3) is 0 Å². The van der Waals surface area contributed by atoms with Gasteiger partial charge in [-0.1, -0.05) is 16.8 Å². The lowest BCUT2D eigenvalue weighted by Crippen LogP contribution is -2.68. The van der Waals surface area contributed by atoms with Gasteiger partial charge in [0, 0.05) is 46.9 Å². The average molecular weight is 383 g/mol. The molecule has 0 aliphatic carbocycles. The predicted octanol–water partition coefficient (Wildman–Crippen LogP) is -2.46. The fraction of sp³-hybridized carbons (Fsp3) is 0.294. The molecule has 1 aromatic heterocycles. The molecule has 8 nitrogen and oxygen atoms in total. The van der Waals surface area contributed by atoms with Gasteiger partial charge in [0.15, 0.2) is 0 Å². The molecule has 26 heavy (non-hydrogen) atoms. The molecule has 2 rings (SSSR count). The Morgan fingerprint density at radius 3 is 1.77 bits per heavy atom. The van der Waals surface area contributed by atoms with Gasteiger partial charge >= 0.3 is 0 Å². The fourth-order valence-electron chi connectivity index (χ4n) is 1.93. The van der Waals surface area contributed by atoms with Crippen LogP contribution < -0.4 is 33.1 Å². The van der Waals surface area contributed by atoms with Gasteiger partial charge < -0.3 is 9.80 Å². The Labute approximate surface area is 155 Å². The topological polar surface area (TPSA) is 115 Å². The van der Waals surface area contributed by atoms with E-state index < -0.39 is 10.2 Å². The molecule has 1 aromatic carbocycles. The molecular weight excluding hydrogens is 360 g/mol. The van der Waals surface area contributed by atoms with Crippen LogP contribution in [-0.4, -0.2) is 34.4 Å². The Kier molecular flexibility index (Phi) is 7.94. The highest BCUT2D eigenvalue weighted by atomic mass is 35.7. The normalized spacial score (nSPS) is 11.1. The minimum Gasteiger partial charge on any atom is -0.378 e. The molecular formula is C17H23ClN4O4. The van der Waals surface area contributed by atoms with Gasteiger partial charge in [0.2, 0.25) is 11.9 Å². The summed E-state index contributed by atoms with van der Waals surface area (Å²) in [6, 6.07) is 12.5. The van der Waals surface area contributed by atoms with Gasteiger partial charge in [-0.3, -0.25) is 0 Å². The number of hydrogen-bond donors (Lipinski definition) is 0. The van der Waals surface area contributed by atoms with Crippen LogP contribution in [-0.2, 0) is 0 Å². The highest BCUT2D eigenvalue weighted by Crippen LogP contribution is 2.11. The van der Waals surface area contributed by atoms with E-state index in [2.05, 4.69) is 51.3 Å². The number of anilines is 2. The van der Waals surface area contributed by atoms with Gasteiger partial charge in [-0.05, 0) is 28.9 Å². The zero-order chi connectivity index (χ0) is 19.9. The molecule has 0 unspecified atom stereocenters. The standard InChI is InChI=1S/C17H23N4.ClHO4/c1-14-6-9-17(20(4)5)13-21(14)18-12-15-7-10-16(11-8-15)19(2)3;2-1(3,4)5/h6-13H,1-5H3;(H,2,3,4,5)/q+1;/p-1/b18-12+;. The second kappa shape index (κ2) is 9.46. The van der Waals surface area contributed by atoms with Crippen molar-refractivity contribution in [2.45, 2.75) is 6.92 Å². The molecule has 0 saturated carbocycles. The first kappa shape index (κ1) is 21.8. The number of halogens is 1. The van der Waals surface area contributed by atoms with E-state index >= 15 is 0 Å². The summed E-state index contributed by atoms with van der Waals surface area (Å²) in [5.41, 5.74) is 4.50. The van der Waals surface area contributed by atoms with Crippen molar-refractivity contribution in [3.63, 3.8) is 0 Å². The van der Waals surface area contributed by atoms with Crippen LogP contribution >= 0.6 is 0 Å². The molecule has 0 spiro atoms. The van der Waals surface area contributed by atoms with Crippen LogP contribution in [0.3, 0.4) is 0 Å². The smallest absolute Gasteiger partial charge is 0.225 e. The Morgan fingerprint density at radius 2 is 1.31 bits per heavy atom. The van der Waals surface area contributed by atoms with E-state index in [1.54, 1.807) is 0 Å². The predicted molar refractivity (Wildman–Crippen MR) is 89.5 cm³/mol. The summed E-state index contributed by atoms with van der Waals surface area (Å²) < 4.78 is 35.9. The number of nitrogens with zero attached hydrogens (tertiary/aromatic N) is 4. The quantitative estimate of drug-likeness (QED) is 0.428. The van der Waals surface area contributed by atoms with Crippen LogP contribution in [0.5, 0.6) is 0 Å². The lowest BCUT2D eigenvalue weighted by Gasteiger charge is -2.17. The molecule has 0 aliphatic rings. The largest absolute Gasteiger partial charge is 0.378 e. The van der Waals surface area contributed by atoms with E-state index in [9.17, 15) is 0 Å². The summed E-state index contributed by atoms with van der Waals surface area (Å²) in [5, 5.41) is 4.54. The van der Waals surface area contributed by atoms with E-state index in [4.69, 9.17) is 18.6 Å². The molecule has 2 aromatic rings. The minimum atomic E-state index is -4.94. The van der Waals surface area contributed by atoms with Crippen molar-refractivity contribution in [2.75, 3.05) is 38.0 Å². The summed E-state index contributed by atoms with van der Waals surface area (Å²) in [6.45, 7) is 2.05. The highest BCUT2D eigenvalue weighted by Gasteiger charge is 2.08. The summed E-state index contributed by atoms with van der Waals surface area (Å²) in [4.78, 5) is 4.15. The summed E-state index contributed by atoms with van der Waals surface area (Å²) in [7, 11) is 3.18. The SMILES string of the molecule is Cc1ccc(N(C)C)c[n+]1/N=C/c1ccc(N(C)C)cc1.[O-][Cl+3]([O-])([O-])[O-]. The molecule has 1 heterocycles. The molecule has 9 heteroatoms. The van der Waals surface area contributed by atoms with Crippen LogP contribution in [0.15, 0.2) is 47.7 Å². The number of pyridine rings is 1. The maximum Gasteiger partial charge on any atom is 0.225 e. The first-order valence-electron chi connectivity index (χ1n) is 7.60. The highest BCUT2D eigenvalue weighted by molar-refractivity contribution is 5.79. The van der Waals surface area contributed by atoms with E-state index in [-0.39, 0.29) is 0 Å². The Morgan fingerprint density at radius 1 is 0.846 bits per heavy atom. The van der Waals surface area contributed by atoms with Crippen molar-refractivity contribution >= 4 is 17.6 Å². The van der Waals surface area contributed by atoms with Gasteiger partial charge in [-0.15, -0.1) is 10.2 Å². The maximum atomic E-state index is 8.49. The van der Waals surface area contributed by atoms with Crippen LogP contribution in [0.25, 0.3) is 0 Å². The van der Waals surface area contributed by atoms with E-state index in [1.165, 1.54) is 5.69 Å². The zero-order valence-corrected chi connectivity index (χ0v) is 16.2. The Balaban J connectivity index is 0.000000597. The van der Waals surface area contributed by atoms with Crippen LogP contribution in [0, 0.1) is 17.2 Å². The van der Waals surface area contributed by atoms with Crippen molar-refractivity contribution in [1.82, 2.24) is 0 Å². The molecule has 0 N–H and O–H groups in total. The maximum absolute atomic E-state index is 8.49. The molecule has 0 amide bonds. The number of aromatic nitrogens is 1. The molecule has 0 radical (unpaired) electrons. The molecule has 0 atom stereocenters. The van der Waals surface area contributed by atoms with E-state index in [0.717, 1.165) is 16.9 Å². The Hall–Kier alpha value is -2.23. The van der Waals surface area contributed by atoms with Gasteiger partial charge in [0.1, 0.15) is 11.9 Å². The summed E-state index contributed by atoms with van der Waals surface area (Å²) in [6.07, 6.45) is 3.91. The average Bonchev–Trinajstić information content (AvgIpc) is 2.52. The van der Waals surface area contributed by atoms with Gasteiger partial charge in [-0.2, -0.15) is 0 Å². The summed E-state index contributed by atoms with van der Waals surface area (Å²) >= 11 is 0. The molecule has 0 fully saturated rings. The third-order valence-electron chi connectivity index (χ3n) is 3.37. The van der Waals surface area contributed by atoms with Crippen molar-refractivity contribution < 1.29 is 33.6 Å². The van der Waals surface area contributed by atoms with Crippen molar-refractivity contribution in [2.24, 2.45) is 5.10 Å². The van der Waals surface area contributed by atoms with Gasteiger partial charge in [0.05, 0.1) is 0 Å². The third kappa shape index (κ3) is 8.24. The van der Waals surface area contributed by atoms with E-state index in [1.807, 2.05) is 52.2 Å². The molecule has 0 saturated heterocycles. The lowest BCUT2D eigenvalue weighted by molar-refractivity contribution is -2.00. The van der Waals surface area contributed by atoms with Crippen LogP contribution in [0.1, 0.15) is 11.3 Å². The van der Waals surface area contributed by atoms with Gasteiger partial charge in [-0.25, -0.2) is 18.6 Å². The summed E-state index contributed by atoms with van der Waals surface area (Å²) in [5.74, 6) is 0. The molecule has 0 bridgehead atoms. The second-order valence-electron chi connectivity index (χ2n) is 5.88. The first-order valence-corrected chi connectivity index (χ1v) is 8.84. The number of rotatable bonds is 4. The number of hydrogen-bond acceptors (Lipinski definition) is 7. The molecule has 0 aliphatic heterocycles. The van der Waals surface area contributed by atoms with E-state index in [0.29, 0.717) is 0 Å². The van der Waals surface area contributed by atoms with Crippen molar-refractivity contribution in [3.8, 4) is 0 Å². The number of aryl methyl sites for hydroxylation is 1. The third-order valence-corrected chi connectivity index (χ3v) is 3.37. The molecule has 142 valence electrons. The van der Waals surface area contributed by atoms with Crippen LogP contribution in [0.4, 0.5) is 11.4 Å². The minimum absolute atomic E-state index is 1.09. The zero-order valence-electron chi connectivity index (χ0n) is 15.4. The van der Waals surface area contributed by atoms with Crippen molar-refractivity contribution in [3.05, 3.63) is 53.9 Å². The monoisotopic (exact) mass is 382 g/mol.